The third-order valence-corrected chi connectivity index (χ3v) is 5.72. The van der Waals surface area contributed by atoms with Crippen molar-refractivity contribution in [3.8, 4) is 0 Å². The molecule has 9 nitrogen and oxygen atoms in total. The van der Waals surface area contributed by atoms with E-state index in [0.717, 1.165) is 21.1 Å². The lowest BCUT2D eigenvalue weighted by Crippen LogP contribution is -2.36. The quantitative estimate of drug-likeness (QED) is 0.450. The molecule has 1 atom stereocenters. The van der Waals surface area contributed by atoms with E-state index in [0.29, 0.717) is 19.7 Å². The van der Waals surface area contributed by atoms with Crippen molar-refractivity contribution in [2.75, 3.05) is 20.2 Å². The number of alkyl carbamates (subject to hydrolysis) is 1. The van der Waals surface area contributed by atoms with E-state index in [2.05, 4.69) is 53.0 Å². The monoisotopic (exact) mass is 458 g/mol. The van der Waals surface area contributed by atoms with Gasteiger partial charge in [-0.25, -0.2) is 9.48 Å². The van der Waals surface area contributed by atoms with Gasteiger partial charge in [0.2, 0.25) is 0 Å². The number of hydrogen-bond donors (Lipinski definition) is 2. The number of tetrazole rings is 1. The Morgan fingerprint density at radius 1 is 1.12 bits per heavy atom. The van der Waals surface area contributed by atoms with Crippen molar-refractivity contribution < 1.29 is 14.3 Å². The molecule has 172 valence electrons. The smallest absolute Gasteiger partial charge is 0.407 e. The lowest BCUT2D eigenvalue weighted by molar-refractivity contribution is 0.139. The van der Waals surface area contributed by atoms with Crippen LogP contribution in [-0.2, 0) is 28.2 Å². The average molecular weight is 459 g/mol. The number of nitrogens with one attached hydrogen (secondary N) is 2. The Hall–Kier alpha value is -2.82. The zero-order valence-electron chi connectivity index (χ0n) is 18.9. The lowest BCUT2D eigenvalue weighted by atomic mass is 10.1. The molecule has 2 heterocycles. The third-order valence-electron chi connectivity index (χ3n) is 4.60. The van der Waals surface area contributed by atoms with Crippen LogP contribution in [-0.4, -0.2) is 46.5 Å². The first-order chi connectivity index (χ1) is 15.4. The fourth-order valence-corrected chi connectivity index (χ4v) is 4.15. The highest BCUT2D eigenvalue weighted by molar-refractivity contribution is 7.12. The van der Waals surface area contributed by atoms with Gasteiger partial charge in [0.05, 0.1) is 12.1 Å². The molecule has 3 aromatic rings. The molecule has 3 rings (SSSR count). The van der Waals surface area contributed by atoms with Crippen molar-refractivity contribution in [1.29, 1.82) is 0 Å². The number of thiophene rings is 1. The molecule has 0 radical (unpaired) electrons. The molecule has 1 amide bonds. The van der Waals surface area contributed by atoms with Crippen molar-refractivity contribution >= 4 is 17.4 Å². The van der Waals surface area contributed by atoms with E-state index in [1.54, 1.807) is 18.4 Å². The molecular weight excluding hydrogens is 428 g/mol. The Morgan fingerprint density at radius 3 is 2.62 bits per heavy atom. The number of amides is 1. The minimum absolute atomic E-state index is 0.220. The van der Waals surface area contributed by atoms with E-state index in [9.17, 15) is 4.79 Å². The van der Waals surface area contributed by atoms with Gasteiger partial charge in [-0.2, -0.15) is 0 Å². The number of hydrogen-bond acceptors (Lipinski definition) is 8. The minimum atomic E-state index is -0.453. The van der Waals surface area contributed by atoms with Crippen LogP contribution in [0, 0.1) is 0 Å². The normalized spacial score (nSPS) is 12.5. The Morgan fingerprint density at radius 2 is 1.91 bits per heavy atom. The van der Waals surface area contributed by atoms with Crippen LogP contribution in [0.3, 0.4) is 0 Å². The van der Waals surface area contributed by atoms with Crippen molar-refractivity contribution in [3.63, 3.8) is 0 Å². The summed E-state index contributed by atoms with van der Waals surface area (Å²) in [5.41, 5.74) is 0.671. The summed E-state index contributed by atoms with van der Waals surface area (Å²) < 4.78 is 12.3. The second kappa shape index (κ2) is 11.2. The van der Waals surface area contributed by atoms with Crippen LogP contribution in [0.25, 0.3) is 0 Å². The van der Waals surface area contributed by atoms with Gasteiger partial charge < -0.3 is 20.1 Å². The highest BCUT2D eigenvalue weighted by Crippen LogP contribution is 2.29. The summed E-state index contributed by atoms with van der Waals surface area (Å²) in [5.74, 6) is 0.718. The zero-order valence-corrected chi connectivity index (χ0v) is 19.7. The largest absolute Gasteiger partial charge is 0.445 e. The number of ether oxygens (including phenoxy) is 2. The average Bonchev–Trinajstić information content (AvgIpc) is 3.43. The van der Waals surface area contributed by atoms with E-state index in [1.165, 1.54) is 0 Å². The van der Waals surface area contributed by atoms with E-state index >= 15 is 0 Å². The molecule has 2 N–H and O–H groups in total. The van der Waals surface area contributed by atoms with Crippen LogP contribution in [0.15, 0.2) is 42.5 Å². The number of carbonyl (C=O) groups is 1. The summed E-state index contributed by atoms with van der Waals surface area (Å²) >= 11 is 1.64. The maximum absolute atomic E-state index is 12.0. The lowest BCUT2D eigenvalue weighted by Gasteiger charge is -2.24. The third kappa shape index (κ3) is 6.59. The van der Waals surface area contributed by atoms with Crippen LogP contribution in [0.4, 0.5) is 4.79 Å². The van der Waals surface area contributed by atoms with E-state index in [-0.39, 0.29) is 18.2 Å². The predicted molar refractivity (Wildman–Crippen MR) is 122 cm³/mol. The van der Waals surface area contributed by atoms with Crippen molar-refractivity contribution in [3.05, 3.63) is 63.6 Å². The molecule has 0 spiro atoms. The van der Waals surface area contributed by atoms with Gasteiger partial charge in [-0.05, 0) is 48.9 Å². The first-order valence-electron chi connectivity index (χ1n) is 10.4. The molecule has 0 aliphatic carbocycles. The second-order valence-corrected chi connectivity index (χ2v) is 9.43. The fraction of sp³-hybridized carbons (Fsp3) is 0.455. The molecule has 0 bridgehead atoms. The second-order valence-electron chi connectivity index (χ2n) is 8.23. The molecular formula is C22H30N6O3S. The summed E-state index contributed by atoms with van der Waals surface area (Å²) in [6.45, 7) is 7.87. The van der Waals surface area contributed by atoms with Gasteiger partial charge in [0.25, 0.3) is 0 Å². The number of aromatic nitrogens is 4. The van der Waals surface area contributed by atoms with Gasteiger partial charge in [0, 0.05) is 30.0 Å². The number of rotatable bonds is 10. The topological polar surface area (TPSA) is 103 Å². The highest BCUT2D eigenvalue weighted by Gasteiger charge is 2.27. The van der Waals surface area contributed by atoms with Gasteiger partial charge in [0.1, 0.15) is 12.6 Å². The van der Waals surface area contributed by atoms with E-state index in [1.807, 2.05) is 41.1 Å². The van der Waals surface area contributed by atoms with Gasteiger partial charge >= 0.3 is 6.09 Å². The summed E-state index contributed by atoms with van der Waals surface area (Å²) in [6, 6.07) is 13.5. The summed E-state index contributed by atoms with van der Waals surface area (Å²) in [5, 5.41) is 18.6. The van der Waals surface area contributed by atoms with Gasteiger partial charge in [-0.3, -0.25) is 0 Å². The zero-order chi connectivity index (χ0) is 23.0. The van der Waals surface area contributed by atoms with Crippen LogP contribution >= 0.6 is 11.3 Å². The number of methoxy groups -OCH3 is 1. The molecule has 0 saturated heterocycles. The Kier molecular flexibility index (Phi) is 8.32. The summed E-state index contributed by atoms with van der Waals surface area (Å²) in [7, 11) is 1.68. The van der Waals surface area contributed by atoms with Crippen molar-refractivity contribution in [2.45, 2.75) is 45.6 Å². The van der Waals surface area contributed by atoms with E-state index < -0.39 is 6.09 Å². The van der Waals surface area contributed by atoms with Gasteiger partial charge in [-0.15, -0.1) is 16.4 Å². The molecule has 0 saturated carbocycles. The van der Waals surface area contributed by atoms with Crippen molar-refractivity contribution in [2.24, 2.45) is 0 Å². The Bertz CT molecular complexity index is 983. The molecule has 0 aliphatic heterocycles. The van der Waals surface area contributed by atoms with Crippen LogP contribution in [0.5, 0.6) is 0 Å². The molecule has 1 aromatic carbocycles. The number of nitrogens with zero attached hydrogens (tertiary/aromatic N) is 4. The van der Waals surface area contributed by atoms with Crippen molar-refractivity contribution in [1.82, 2.24) is 30.8 Å². The number of benzene rings is 1. The molecule has 32 heavy (non-hydrogen) atoms. The SMILES string of the molecule is COCc1ccc(C(NCCNC(=O)OCc2ccccc2)c2nnnn2C(C)(C)C)s1. The Labute approximate surface area is 192 Å². The molecule has 10 heteroatoms. The minimum Gasteiger partial charge on any atom is -0.445 e. The molecule has 2 aromatic heterocycles. The highest BCUT2D eigenvalue weighted by atomic mass is 32.1. The molecule has 1 unspecified atom stereocenters. The Balaban J connectivity index is 1.60. The summed E-state index contributed by atoms with van der Waals surface area (Å²) in [6.07, 6.45) is -0.453. The number of carbonyl (C=O) groups excluding carboxylic acids is 1. The predicted octanol–water partition coefficient (Wildman–Crippen LogP) is 3.24. The van der Waals surface area contributed by atoms with E-state index in [4.69, 9.17) is 9.47 Å². The fourth-order valence-electron chi connectivity index (χ4n) is 3.10. The summed E-state index contributed by atoms with van der Waals surface area (Å²) in [4.78, 5) is 14.2. The standard InChI is InChI=1S/C22H30N6O3S/c1-22(2,3)28-20(25-26-27-28)19(18-11-10-17(32-18)15-30-4)23-12-13-24-21(29)31-14-16-8-6-5-7-9-16/h5-11,19,23H,12-15H2,1-4H3,(H,24,29). The molecule has 0 aliphatic rings. The van der Waals surface area contributed by atoms with Crippen LogP contribution in [0.2, 0.25) is 0 Å². The van der Waals surface area contributed by atoms with Crippen LogP contribution in [0.1, 0.15) is 48.0 Å². The van der Waals surface area contributed by atoms with Gasteiger partial charge in [-0.1, -0.05) is 30.3 Å². The first-order valence-corrected chi connectivity index (χ1v) is 11.2. The van der Waals surface area contributed by atoms with Gasteiger partial charge in [0.15, 0.2) is 5.82 Å². The van der Waals surface area contributed by atoms with Crippen LogP contribution < -0.4 is 10.6 Å². The maximum atomic E-state index is 12.0. The maximum Gasteiger partial charge on any atom is 0.407 e. The first kappa shape index (κ1) is 23.8. The molecule has 0 fully saturated rings.